The number of carbonyl (C=O) groups excluding carboxylic acids is 3. The van der Waals surface area contributed by atoms with Gasteiger partial charge in [-0.3, -0.25) is 4.99 Å². The lowest BCUT2D eigenvalue weighted by Gasteiger charge is -2.47. The van der Waals surface area contributed by atoms with Gasteiger partial charge in [-0.2, -0.15) is 0 Å². The molecule has 7 aromatic rings. The van der Waals surface area contributed by atoms with Crippen molar-refractivity contribution in [2.75, 3.05) is 25.5 Å². The number of nitrogens with zero attached hydrogens (tertiary/aromatic N) is 1. The topological polar surface area (TPSA) is 156 Å². The number of rotatable bonds is 23. The third kappa shape index (κ3) is 15.5. The Balaban J connectivity index is 1.04. The smallest absolute Gasteiger partial charge is 0.338 e. The van der Waals surface area contributed by atoms with E-state index in [1.54, 1.807) is 91.0 Å². The largest absolute Gasteiger partial charge is 0.452 e. The molecule has 2 saturated heterocycles. The minimum absolute atomic E-state index is 0.0620. The van der Waals surface area contributed by atoms with Gasteiger partial charge >= 0.3 is 17.9 Å². The first kappa shape index (κ1) is 56.3. The fourth-order valence-electron chi connectivity index (χ4n) is 9.36. The van der Waals surface area contributed by atoms with E-state index in [9.17, 15) is 14.4 Å². The average Bonchev–Trinajstić information content (AvgIpc) is 4.09. The molecule has 2 fully saturated rings. The van der Waals surface area contributed by atoms with E-state index < -0.39 is 78.5 Å². The lowest BCUT2D eigenvalue weighted by molar-refractivity contribution is -0.335. The van der Waals surface area contributed by atoms with Crippen LogP contribution in [0.2, 0.25) is 0 Å². The maximum Gasteiger partial charge on any atom is 0.338 e. The summed E-state index contributed by atoms with van der Waals surface area (Å²) >= 11 is 2.74. The van der Waals surface area contributed by atoms with Gasteiger partial charge in [-0.25, -0.2) is 14.4 Å². The molecule has 0 aliphatic carbocycles. The Morgan fingerprint density at radius 1 is 0.425 bits per heavy atom. The summed E-state index contributed by atoms with van der Waals surface area (Å²) in [5, 5.41) is 0. The number of carbonyl (C=O) groups is 3. The van der Waals surface area contributed by atoms with Gasteiger partial charge in [0.1, 0.15) is 34.9 Å². The Labute approximate surface area is 474 Å². The standard InChI is InChI=1S/C64H61NO13S2/c66-59(48-30-16-5-17-31-48)76-54-52(75-63(80-64-65-36-37-79-64)58(78-61(68)50-34-20-7-21-35-50)56(54)77-60(67)49-32-18-6-19-33-49)43-73-62-57(72-41-47-28-14-4-15-29-47)55(71-40-46-26-12-3-13-27-46)53(70-39-45-24-10-2-11-25-45)51(74-62)42-69-38-44-22-8-1-9-23-44/h1-35,51-58,62-63H,36-43H2/t51-,52-,53-,54-,55+,56+,57-,58-,62-,63+/m1/s1. The van der Waals surface area contributed by atoms with Crippen molar-refractivity contribution in [2.45, 2.75) is 87.0 Å². The van der Waals surface area contributed by atoms with E-state index >= 15 is 0 Å². The fraction of sp³-hybridized carbons (Fsp3) is 0.281. The Bertz CT molecular complexity index is 3040. The van der Waals surface area contributed by atoms with Gasteiger partial charge < -0.3 is 47.4 Å². The molecule has 412 valence electrons. The summed E-state index contributed by atoms with van der Waals surface area (Å²) in [7, 11) is 0. The first-order valence-electron chi connectivity index (χ1n) is 26.5. The Hall–Kier alpha value is -6.96. The van der Waals surface area contributed by atoms with E-state index in [1.807, 2.05) is 121 Å². The first-order valence-corrected chi connectivity index (χ1v) is 28.4. The highest BCUT2D eigenvalue weighted by atomic mass is 32.2. The zero-order valence-corrected chi connectivity index (χ0v) is 45.3. The molecule has 0 aromatic heterocycles. The predicted octanol–water partition coefficient (Wildman–Crippen LogP) is 10.9. The van der Waals surface area contributed by atoms with Crippen molar-refractivity contribution in [1.82, 2.24) is 0 Å². The monoisotopic (exact) mass is 1120 g/mol. The Kier molecular flexibility index (Phi) is 20.4. The third-order valence-corrected chi connectivity index (χ3v) is 15.7. The molecule has 0 unspecified atom stereocenters. The van der Waals surface area contributed by atoms with Gasteiger partial charge in [0.25, 0.3) is 0 Å². The van der Waals surface area contributed by atoms with Crippen molar-refractivity contribution in [3.8, 4) is 0 Å². The molecule has 0 radical (unpaired) electrons. The van der Waals surface area contributed by atoms with Gasteiger partial charge in [-0.1, -0.05) is 199 Å². The second-order valence-corrected chi connectivity index (χ2v) is 21.5. The van der Waals surface area contributed by atoms with Crippen LogP contribution in [0.4, 0.5) is 0 Å². The van der Waals surface area contributed by atoms with Crippen molar-refractivity contribution in [3.63, 3.8) is 0 Å². The molecule has 0 bridgehead atoms. The molecule has 0 spiro atoms. The zero-order valence-electron chi connectivity index (χ0n) is 43.7. The number of aliphatic imine (C=N–C) groups is 1. The van der Waals surface area contributed by atoms with E-state index in [4.69, 9.17) is 52.4 Å². The van der Waals surface area contributed by atoms with Crippen LogP contribution in [0.15, 0.2) is 217 Å². The molecule has 7 aromatic carbocycles. The van der Waals surface area contributed by atoms with Gasteiger partial charge in [-0.15, -0.1) is 0 Å². The van der Waals surface area contributed by atoms with E-state index in [2.05, 4.69) is 0 Å². The predicted molar refractivity (Wildman–Crippen MR) is 304 cm³/mol. The lowest BCUT2D eigenvalue weighted by Crippen LogP contribution is -2.64. The second kappa shape index (κ2) is 29.0. The van der Waals surface area contributed by atoms with Crippen LogP contribution in [0.25, 0.3) is 0 Å². The van der Waals surface area contributed by atoms with Gasteiger partial charge in [0.05, 0.1) is 62.9 Å². The highest BCUT2D eigenvalue weighted by Gasteiger charge is 2.55. The summed E-state index contributed by atoms with van der Waals surface area (Å²) in [6.45, 7) is 1.12. The van der Waals surface area contributed by atoms with Gasteiger partial charge in [0, 0.05) is 5.75 Å². The molecular formula is C64H61NO13S2. The number of benzene rings is 7. The summed E-state index contributed by atoms with van der Waals surface area (Å²) in [5.74, 6) is -1.49. The number of ether oxygens (including phenoxy) is 10. The summed E-state index contributed by atoms with van der Waals surface area (Å²) < 4.78 is 68.4. The number of esters is 3. The zero-order chi connectivity index (χ0) is 54.7. The fourth-order valence-corrected chi connectivity index (χ4v) is 11.6. The number of thioether (sulfide) groups is 2. The van der Waals surface area contributed by atoms with E-state index in [0.29, 0.717) is 10.9 Å². The van der Waals surface area contributed by atoms with Crippen LogP contribution >= 0.6 is 23.5 Å². The van der Waals surface area contributed by atoms with Crippen LogP contribution in [0, 0.1) is 0 Å². The molecule has 0 saturated carbocycles. The van der Waals surface area contributed by atoms with E-state index in [1.165, 1.54) is 23.5 Å². The van der Waals surface area contributed by atoms with E-state index in [-0.39, 0.29) is 56.3 Å². The molecule has 0 N–H and O–H groups in total. The summed E-state index contributed by atoms with van der Waals surface area (Å²) in [6, 6.07) is 64.5. The van der Waals surface area contributed by atoms with Crippen molar-refractivity contribution < 1.29 is 61.8 Å². The van der Waals surface area contributed by atoms with Crippen LogP contribution in [0.5, 0.6) is 0 Å². The molecule has 3 heterocycles. The van der Waals surface area contributed by atoms with Crippen LogP contribution in [-0.4, -0.2) is 108 Å². The third-order valence-electron chi connectivity index (χ3n) is 13.4. The molecule has 10 atom stereocenters. The highest BCUT2D eigenvalue weighted by molar-refractivity contribution is 8.39. The number of hydrogen-bond acceptors (Lipinski definition) is 16. The molecular weight excluding hydrogens is 1050 g/mol. The first-order chi connectivity index (χ1) is 39.4. The molecule has 14 nitrogen and oxygen atoms in total. The minimum Gasteiger partial charge on any atom is -0.452 e. The molecule has 80 heavy (non-hydrogen) atoms. The SMILES string of the molecule is O=C(O[C@@H]1[C@@H](OC(=O)c2ccccc2)[C@H](SC2=NCCS2)O[C@H](CO[C@@H]2O[C@H](COCc3ccccc3)[C@@H](OCc3ccccc3)[C@H](OCc3ccccc3)[C@H]2OCc2ccccc2)[C@H]1OC(=O)c1ccccc1)c1ccccc1. The van der Waals surface area contributed by atoms with E-state index in [0.717, 1.165) is 28.0 Å². The molecule has 10 rings (SSSR count). The summed E-state index contributed by atoms with van der Waals surface area (Å²) in [5.41, 5.74) is 3.32. The molecule has 3 aliphatic rings. The van der Waals surface area contributed by atoms with Crippen LogP contribution in [-0.2, 0) is 73.8 Å². The maximum absolute atomic E-state index is 14.4. The summed E-state index contributed by atoms with van der Waals surface area (Å²) in [6.07, 6.45) is -10.1. The molecule has 16 heteroatoms. The molecule has 0 amide bonds. The van der Waals surface area contributed by atoms with Crippen LogP contribution in [0.1, 0.15) is 53.3 Å². The van der Waals surface area contributed by atoms with Crippen molar-refractivity contribution in [2.24, 2.45) is 4.99 Å². The normalized spacial score (nSPS) is 23.6. The van der Waals surface area contributed by atoms with Crippen LogP contribution < -0.4 is 0 Å². The molecule has 3 aliphatic heterocycles. The van der Waals surface area contributed by atoms with Gasteiger partial charge in [0.2, 0.25) is 0 Å². The Morgan fingerprint density at radius 2 is 0.825 bits per heavy atom. The van der Waals surface area contributed by atoms with Crippen molar-refractivity contribution >= 4 is 45.8 Å². The minimum atomic E-state index is -1.47. The maximum atomic E-state index is 14.4. The average molecular weight is 1120 g/mol. The Morgan fingerprint density at radius 3 is 1.29 bits per heavy atom. The van der Waals surface area contributed by atoms with Crippen molar-refractivity contribution in [3.05, 3.63) is 251 Å². The van der Waals surface area contributed by atoms with Gasteiger partial charge in [-0.05, 0) is 58.7 Å². The van der Waals surface area contributed by atoms with Crippen LogP contribution in [0.3, 0.4) is 0 Å². The highest BCUT2D eigenvalue weighted by Crippen LogP contribution is 2.40. The summed E-state index contributed by atoms with van der Waals surface area (Å²) in [4.78, 5) is 47.8. The van der Waals surface area contributed by atoms with Crippen molar-refractivity contribution in [1.29, 1.82) is 0 Å². The van der Waals surface area contributed by atoms with Gasteiger partial charge in [0.15, 0.2) is 30.0 Å². The number of hydrogen-bond donors (Lipinski definition) is 0. The second-order valence-electron chi connectivity index (χ2n) is 19.0. The quantitative estimate of drug-likeness (QED) is 0.0440. The lowest BCUT2D eigenvalue weighted by atomic mass is 9.97.